The number of hydrogen-bond donors (Lipinski definition) is 1. The first-order valence-electron chi connectivity index (χ1n) is 11.4. The standard InChI is InChI=1S/C22H36N4O4S/c1-4-26(5-2)31(28,29)19-8-9-21(25-10-6-7-11-25)20(16-19)22(27)23-18(3)17-24-12-14-30-15-13-24/h8-9,16,18H,4-7,10-15,17H2,1-3H3,(H,23,27). The van der Waals surface area contributed by atoms with E-state index in [1.54, 1.807) is 18.2 Å². The smallest absolute Gasteiger partial charge is 0.253 e. The third-order valence-corrected chi connectivity index (χ3v) is 8.06. The normalized spacial score (nSPS) is 19.0. The van der Waals surface area contributed by atoms with Crippen LogP contribution < -0.4 is 10.2 Å². The van der Waals surface area contributed by atoms with Crippen molar-refractivity contribution in [1.82, 2.24) is 14.5 Å². The molecule has 0 spiro atoms. The maximum absolute atomic E-state index is 13.3. The number of carbonyl (C=O) groups is 1. The average Bonchev–Trinajstić information content (AvgIpc) is 3.29. The molecule has 2 saturated heterocycles. The largest absolute Gasteiger partial charge is 0.379 e. The summed E-state index contributed by atoms with van der Waals surface area (Å²) in [5.74, 6) is -0.223. The van der Waals surface area contributed by atoms with Gasteiger partial charge in [-0.1, -0.05) is 13.8 Å². The van der Waals surface area contributed by atoms with Crippen LogP contribution in [0.25, 0.3) is 0 Å². The molecule has 0 bridgehead atoms. The van der Waals surface area contributed by atoms with Crippen LogP contribution in [-0.2, 0) is 14.8 Å². The van der Waals surface area contributed by atoms with Gasteiger partial charge in [-0.05, 0) is 38.0 Å². The molecular formula is C22H36N4O4S. The summed E-state index contributed by atoms with van der Waals surface area (Å²) in [7, 11) is -3.64. The van der Waals surface area contributed by atoms with Crippen molar-refractivity contribution in [2.24, 2.45) is 0 Å². The maximum atomic E-state index is 13.3. The molecule has 2 aliphatic rings. The maximum Gasteiger partial charge on any atom is 0.253 e. The molecule has 174 valence electrons. The van der Waals surface area contributed by atoms with Gasteiger partial charge in [-0.15, -0.1) is 0 Å². The van der Waals surface area contributed by atoms with E-state index >= 15 is 0 Å². The second kappa shape index (κ2) is 10.8. The average molecular weight is 453 g/mol. The van der Waals surface area contributed by atoms with Crippen molar-refractivity contribution >= 4 is 21.6 Å². The van der Waals surface area contributed by atoms with Gasteiger partial charge in [-0.25, -0.2) is 8.42 Å². The SMILES string of the molecule is CCN(CC)S(=O)(=O)c1ccc(N2CCCC2)c(C(=O)NC(C)CN2CCOCC2)c1. The Hall–Kier alpha value is -1.68. The summed E-state index contributed by atoms with van der Waals surface area (Å²) >= 11 is 0. The van der Waals surface area contributed by atoms with Crippen LogP contribution in [0, 0.1) is 0 Å². The highest BCUT2D eigenvalue weighted by Gasteiger charge is 2.27. The van der Waals surface area contributed by atoms with Crippen LogP contribution >= 0.6 is 0 Å². The molecule has 1 unspecified atom stereocenters. The number of carbonyl (C=O) groups excluding carboxylic acids is 1. The van der Waals surface area contributed by atoms with Gasteiger partial charge in [0.2, 0.25) is 10.0 Å². The highest BCUT2D eigenvalue weighted by molar-refractivity contribution is 7.89. The highest BCUT2D eigenvalue weighted by atomic mass is 32.2. The molecule has 9 heteroatoms. The monoisotopic (exact) mass is 452 g/mol. The molecule has 2 heterocycles. The Balaban J connectivity index is 1.85. The zero-order valence-corrected chi connectivity index (χ0v) is 19.8. The van der Waals surface area contributed by atoms with Gasteiger partial charge in [-0.2, -0.15) is 4.31 Å². The number of benzene rings is 1. The fourth-order valence-electron chi connectivity index (χ4n) is 4.32. The second-order valence-corrected chi connectivity index (χ2v) is 10.2. The van der Waals surface area contributed by atoms with Gasteiger partial charge < -0.3 is 15.0 Å². The van der Waals surface area contributed by atoms with Crippen molar-refractivity contribution in [2.75, 3.05) is 63.9 Å². The van der Waals surface area contributed by atoms with Crippen molar-refractivity contribution in [1.29, 1.82) is 0 Å². The number of anilines is 1. The van der Waals surface area contributed by atoms with Gasteiger partial charge in [0.15, 0.2) is 0 Å². The Bertz CT molecular complexity index is 845. The van der Waals surface area contributed by atoms with Crippen LogP contribution in [0.2, 0.25) is 0 Å². The number of ether oxygens (including phenoxy) is 1. The Morgan fingerprint density at radius 3 is 2.39 bits per heavy atom. The van der Waals surface area contributed by atoms with Gasteiger partial charge in [0.05, 0.1) is 23.7 Å². The van der Waals surface area contributed by atoms with Crippen molar-refractivity contribution in [2.45, 2.75) is 44.6 Å². The number of nitrogens with zero attached hydrogens (tertiary/aromatic N) is 3. The molecule has 0 aromatic heterocycles. The van der Waals surface area contributed by atoms with E-state index in [2.05, 4.69) is 15.1 Å². The molecular weight excluding hydrogens is 416 g/mol. The van der Waals surface area contributed by atoms with Crippen molar-refractivity contribution < 1.29 is 17.9 Å². The molecule has 0 radical (unpaired) electrons. The summed E-state index contributed by atoms with van der Waals surface area (Å²) in [5, 5.41) is 3.09. The van der Waals surface area contributed by atoms with Crippen LogP contribution in [0.15, 0.2) is 23.1 Å². The number of amides is 1. The zero-order chi connectivity index (χ0) is 22.4. The van der Waals surface area contributed by atoms with E-state index < -0.39 is 10.0 Å². The summed E-state index contributed by atoms with van der Waals surface area (Å²) in [4.78, 5) is 17.9. The predicted octanol–water partition coefficient (Wildman–Crippen LogP) is 1.77. The Kier molecular flexibility index (Phi) is 8.32. The molecule has 1 amide bonds. The molecule has 3 rings (SSSR count). The molecule has 0 saturated carbocycles. The third kappa shape index (κ3) is 5.77. The van der Waals surface area contributed by atoms with Crippen LogP contribution in [0.4, 0.5) is 5.69 Å². The lowest BCUT2D eigenvalue weighted by Gasteiger charge is -2.30. The van der Waals surface area contributed by atoms with Crippen LogP contribution in [-0.4, -0.2) is 88.6 Å². The van der Waals surface area contributed by atoms with Crippen LogP contribution in [0.3, 0.4) is 0 Å². The van der Waals surface area contributed by atoms with E-state index in [-0.39, 0.29) is 16.8 Å². The molecule has 1 N–H and O–H groups in total. The molecule has 1 atom stereocenters. The van der Waals surface area contributed by atoms with Crippen LogP contribution in [0.5, 0.6) is 0 Å². The Morgan fingerprint density at radius 2 is 1.77 bits per heavy atom. The minimum Gasteiger partial charge on any atom is -0.379 e. The number of rotatable bonds is 9. The van der Waals surface area contributed by atoms with Gasteiger partial charge in [-0.3, -0.25) is 9.69 Å². The van der Waals surface area contributed by atoms with E-state index in [1.807, 2.05) is 20.8 Å². The summed E-state index contributed by atoms with van der Waals surface area (Å²) in [5.41, 5.74) is 1.25. The summed E-state index contributed by atoms with van der Waals surface area (Å²) in [6.45, 7) is 12.1. The Labute approximate surface area is 186 Å². The summed E-state index contributed by atoms with van der Waals surface area (Å²) < 4.78 is 32.9. The van der Waals surface area contributed by atoms with Gasteiger partial charge in [0.1, 0.15) is 0 Å². The first-order valence-corrected chi connectivity index (χ1v) is 12.8. The van der Waals surface area contributed by atoms with Gasteiger partial charge in [0.25, 0.3) is 5.91 Å². The first-order chi connectivity index (χ1) is 14.9. The van der Waals surface area contributed by atoms with Gasteiger partial charge >= 0.3 is 0 Å². The summed E-state index contributed by atoms with van der Waals surface area (Å²) in [6, 6.07) is 4.93. The first kappa shape index (κ1) is 24.0. The van der Waals surface area contributed by atoms with Crippen molar-refractivity contribution in [3.63, 3.8) is 0 Å². The quantitative estimate of drug-likeness (QED) is 0.615. The zero-order valence-electron chi connectivity index (χ0n) is 19.0. The fourth-order valence-corrected chi connectivity index (χ4v) is 5.81. The lowest BCUT2D eigenvalue weighted by Crippen LogP contribution is -2.46. The van der Waals surface area contributed by atoms with E-state index in [1.165, 1.54) is 4.31 Å². The lowest BCUT2D eigenvalue weighted by atomic mass is 10.1. The third-order valence-electron chi connectivity index (χ3n) is 6.02. The van der Waals surface area contributed by atoms with E-state index in [0.29, 0.717) is 31.9 Å². The predicted molar refractivity (Wildman–Crippen MR) is 122 cm³/mol. The fraction of sp³-hybridized carbons (Fsp3) is 0.682. The minimum absolute atomic E-state index is 0.0555. The molecule has 8 nitrogen and oxygen atoms in total. The number of morpholine rings is 1. The lowest BCUT2D eigenvalue weighted by molar-refractivity contribution is 0.0342. The summed E-state index contributed by atoms with van der Waals surface area (Å²) in [6.07, 6.45) is 2.15. The number of sulfonamides is 1. The number of hydrogen-bond acceptors (Lipinski definition) is 6. The van der Waals surface area contributed by atoms with E-state index in [0.717, 1.165) is 51.3 Å². The molecule has 2 fully saturated rings. The second-order valence-electron chi connectivity index (χ2n) is 8.25. The molecule has 31 heavy (non-hydrogen) atoms. The van der Waals surface area contributed by atoms with E-state index in [9.17, 15) is 13.2 Å². The Morgan fingerprint density at radius 1 is 1.13 bits per heavy atom. The molecule has 1 aromatic rings. The number of nitrogens with one attached hydrogen (secondary N) is 1. The molecule has 0 aliphatic carbocycles. The van der Waals surface area contributed by atoms with Crippen molar-refractivity contribution in [3.05, 3.63) is 23.8 Å². The van der Waals surface area contributed by atoms with Crippen LogP contribution in [0.1, 0.15) is 44.0 Å². The molecule has 1 aromatic carbocycles. The molecule has 2 aliphatic heterocycles. The van der Waals surface area contributed by atoms with Gasteiger partial charge in [0, 0.05) is 57.5 Å². The van der Waals surface area contributed by atoms with Crippen molar-refractivity contribution in [3.8, 4) is 0 Å². The van der Waals surface area contributed by atoms with E-state index in [4.69, 9.17) is 4.74 Å². The minimum atomic E-state index is -3.64. The topological polar surface area (TPSA) is 82.2 Å². The highest BCUT2D eigenvalue weighted by Crippen LogP contribution is 2.28.